The molecule has 1 aromatic carbocycles. The number of methoxy groups -OCH3 is 1. The van der Waals surface area contributed by atoms with Crippen LogP contribution in [0.5, 0.6) is 5.75 Å². The Kier molecular flexibility index (Phi) is 4.85. The Morgan fingerprint density at radius 1 is 1.22 bits per heavy atom. The van der Waals surface area contributed by atoms with Gasteiger partial charge in [0.2, 0.25) is 5.91 Å². The van der Waals surface area contributed by atoms with Crippen LogP contribution in [0.4, 0.5) is 5.69 Å². The molecular formula is C19H20ClN5O2. The van der Waals surface area contributed by atoms with Crippen LogP contribution < -0.4 is 9.64 Å². The first kappa shape index (κ1) is 17.6. The fourth-order valence-electron chi connectivity index (χ4n) is 3.33. The molecule has 7 nitrogen and oxygen atoms in total. The standard InChI is InChI=1S/C19H20ClN5O2/c1-27-18-11-14(4-5-15(18)20)23-7-9-24(10-8-23)19(26)13-25-17-3-2-6-21-16(17)12-22-25/h2-6,11-12H,7-10,13H2,1H3. The summed E-state index contributed by atoms with van der Waals surface area (Å²) in [6.07, 6.45) is 3.41. The highest BCUT2D eigenvalue weighted by Gasteiger charge is 2.22. The Bertz CT molecular complexity index is 966. The number of hydrogen-bond donors (Lipinski definition) is 0. The smallest absolute Gasteiger partial charge is 0.244 e. The molecule has 1 aliphatic heterocycles. The van der Waals surface area contributed by atoms with Crippen LogP contribution in [0.2, 0.25) is 5.02 Å². The van der Waals surface area contributed by atoms with Crippen LogP contribution in [-0.2, 0) is 11.3 Å². The summed E-state index contributed by atoms with van der Waals surface area (Å²) in [5, 5.41) is 4.88. The molecule has 0 atom stereocenters. The van der Waals surface area contributed by atoms with Crippen LogP contribution in [-0.4, -0.2) is 58.9 Å². The monoisotopic (exact) mass is 385 g/mol. The number of ether oxygens (including phenoxy) is 1. The van der Waals surface area contributed by atoms with E-state index < -0.39 is 0 Å². The number of nitrogens with zero attached hydrogens (tertiary/aromatic N) is 5. The molecule has 3 aromatic rings. The zero-order valence-corrected chi connectivity index (χ0v) is 15.8. The zero-order valence-electron chi connectivity index (χ0n) is 15.0. The Morgan fingerprint density at radius 2 is 2.04 bits per heavy atom. The van der Waals surface area contributed by atoms with Gasteiger partial charge in [0.05, 0.1) is 23.8 Å². The van der Waals surface area contributed by atoms with Gasteiger partial charge in [-0.3, -0.25) is 14.5 Å². The first-order chi connectivity index (χ1) is 13.2. The first-order valence-corrected chi connectivity index (χ1v) is 9.16. The van der Waals surface area contributed by atoms with E-state index in [9.17, 15) is 4.79 Å². The Labute approximate surface area is 162 Å². The van der Waals surface area contributed by atoms with E-state index in [-0.39, 0.29) is 12.5 Å². The van der Waals surface area contributed by atoms with Gasteiger partial charge in [-0.2, -0.15) is 5.10 Å². The fraction of sp³-hybridized carbons (Fsp3) is 0.316. The van der Waals surface area contributed by atoms with Crippen LogP contribution in [0.1, 0.15) is 0 Å². The summed E-state index contributed by atoms with van der Waals surface area (Å²) in [7, 11) is 1.61. The van der Waals surface area contributed by atoms with Gasteiger partial charge < -0.3 is 14.5 Å². The maximum Gasteiger partial charge on any atom is 0.244 e. The summed E-state index contributed by atoms with van der Waals surface area (Å²) in [6, 6.07) is 9.52. The highest BCUT2D eigenvalue weighted by Crippen LogP contribution is 2.29. The van der Waals surface area contributed by atoms with Gasteiger partial charge in [0.25, 0.3) is 0 Å². The van der Waals surface area contributed by atoms with Gasteiger partial charge in [0.1, 0.15) is 17.8 Å². The molecule has 0 saturated carbocycles. The second-order valence-electron chi connectivity index (χ2n) is 6.40. The minimum Gasteiger partial charge on any atom is -0.495 e. The quantitative estimate of drug-likeness (QED) is 0.690. The van der Waals surface area contributed by atoms with Crippen LogP contribution in [0, 0.1) is 0 Å². The first-order valence-electron chi connectivity index (χ1n) is 8.78. The number of piperazine rings is 1. The molecule has 0 spiro atoms. The minimum atomic E-state index is 0.0668. The molecule has 0 N–H and O–H groups in total. The summed E-state index contributed by atoms with van der Waals surface area (Å²) in [5.41, 5.74) is 2.72. The molecule has 1 amide bonds. The number of hydrogen-bond acceptors (Lipinski definition) is 5. The van der Waals surface area contributed by atoms with Gasteiger partial charge in [-0.25, -0.2) is 0 Å². The number of amides is 1. The van der Waals surface area contributed by atoms with Crippen molar-refractivity contribution in [3.63, 3.8) is 0 Å². The molecule has 0 unspecified atom stereocenters. The van der Waals surface area contributed by atoms with Crippen molar-refractivity contribution in [3.05, 3.63) is 47.7 Å². The lowest BCUT2D eigenvalue weighted by molar-refractivity contribution is -0.132. The number of carbonyl (C=O) groups is 1. The molecule has 0 aliphatic carbocycles. The molecule has 1 aliphatic rings. The third-order valence-corrected chi connectivity index (χ3v) is 5.14. The molecule has 8 heteroatoms. The van der Waals surface area contributed by atoms with Crippen molar-refractivity contribution in [1.29, 1.82) is 0 Å². The molecule has 27 heavy (non-hydrogen) atoms. The van der Waals surface area contributed by atoms with Gasteiger partial charge in [-0.15, -0.1) is 0 Å². The van der Waals surface area contributed by atoms with E-state index in [1.807, 2.05) is 35.2 Å². The maximum atomic E-state index is 12.7. The Hall–Kier alpha value is -2.80. The number of carbonyl (C=O) groups excluding carboxylic acids is 1. The van der Waals surface area contributed by atoms with Gasteiger partial charge in [0.15, 0.2) is 0 Å². The van der Waals surface area contributed by atoms with Crippen molar-refractivity contribution in [3.8, 4) is 5.75 Å². The third kappa shape index (κ3) is 3.55. The number of rotatable bonds is 4. The lowest BCUT2D eigenvalue weighted by Gasteiger charge is -2.36. The predicted molar refractivity (Wildman–Crippen MR) is 104 cm³/mol. The average molecular weight is 386 g/mol. The van der Waals surface area contributed by atoms with E-state index in [1.165, 1.54) is 0 Å². The van der Waals surface area contributed by atoms with Crippen molar-refractivity contribution < 1.29 is 9.53 Å². The van der Waals surface area contributed by atoms with Crippen molar-refractivity contribution >= 4 is 34.2 Å². The number of fused-ring (bicyclic) bond motifs is 1. The van der Waals surface area contributed by atoms with Crippen molar-refractivity contribution in [2.45, 2.75) is 6.54 Å². The minimum absolute atomic E-state index is 0.0668. The normalized spacial score (nSPS) is 14.6. The van der Waals surface area contributed by atoms with E-state index in [1.54, 1.807) is 24.2 Å². The number of benzene rings is 1. The molecule has 0 radical (unpaired) electrons. The van der Waals surface area contributed by atoms with Crippen molar-refractivity contribution in [1.82, 2.24) is 19.7 Å². The molecule has 3 heterocycles. The SMILES string of the molecule is COc1cc(N2CCN(C(=O)Cn3ncc4ncccc43)CC2)ccc1Cl. The van der Waals surface area contributed by atoms with Crippen LogP contribution in [0.25, 0.3) is 11.0 Å². The Morgan fingerprint density at radius 3 is 2.81 bits per heavy atom. The summed E-state index contributed by atoms with van der Waals surface area (Å²) in [5.74, 6) is 0.726. The summed E-state index contributed by atoms with van der Waals surface area (Å²) in [4.78, 5) is 21.1. The summed E-state index contributed by atoms with van der Waals surface area (Å²) >= 11 is 6.10. The van der Waals surface area contributed by atoms with E-state index in [0.29, 0.717) is 23.9 Å². The van der Waals surface area contributed by atoms with Crippen LogP contribution >= 0.6 is 11.6 Å². The predicted octanol–water partition coefficient (Wildman–Crippen LogP) is 2.44. The van der Waals surface area contributed by atoms with Crippen molar-refractivity contribution in [2.24, 2.45) is 0 Å². The van der Waals surface area contributed by atoms with Gasteiger partial charge in [0, 0.05) is 44.1 Å². The van der Waals surface area contributed by atoms with E-state index in [2.05, 4.69) is 15.0 Å². The van der Waals surface area contributed by atoms with E-state index in [4.69, 9.17) is 16.3 Å². The molecular weight excluding hydrogens is 366 g/mol. The molecule has 1 fully saturated rings. The largest absolute Gasteiger partial charge is 0.495 e. The van der Waals surface area contributed by atoms with E-state index >= 15 is 0 Å². The average Bonchev–Trinajstić information content (AvgIpc) is 3.11. The summed E-state index contributed by atoms with van der Waals surface area (Å²) in [6.45, 7) is 3.09. The van der Waals surface area contributed by atoms with Crippen molar-refractivity contribution in [2.75, 3.05) is 38.2 Å². The third-order valence-electron chi connectivity index (χ3n) is 4.83. The van der Waals surface area contributed by atoms with Crippen LogP contribution in [0.15, 0.2) is 42.7 Å². The van der Waals surface area contributed by atoms with Gasteiger partial charge in [-0.1, -0.05) is 11.6 Å². The molecule has 1 saturated heterocycles. The van der Waals surface area contributed by atoms with E-state index in [0.717, 1.165) is 29.8 Å². The maximum absolute atomic E-state index is 12.7. The second kappa shape index (κ2) is 7.44. The molecule has 0 bridgehead atoms. The van der Waals surface area contributed by atoms with Gasteiger partial charge in [-0.05, 0) is 24.3 Å². The van der Waals surface area contributed by atoms with Gasteiger partial charge >= 0.3 is 0 Å². The highest BCUT2D eigenvalue weighted by atomic mass is 35.5. The fourth-order valence-corrected chi connectivity index (χ4v) is 3.52. The number of pyridine rings is 1. The highest BCUT2D eigenvalue weighted by molar-refractivity contribution is 6.32. The lowest BCUT2D eigenvalue weighted by atomic mass is 10.2. The zero-order chi connectivity index (χ0) is 18.8. The topological polar surface area (TPSA) is 63.5 Å². The number of halogens is 1. The molecule has 2 aromatic heterocycles. The second-order valence-corrected chi connectivity index (χ2v) is 6.80. The summed E-state index contributed by atoms with van der Waals surface area (Å²) < 4.78 is 7.00. The molecule has 140 valence electrons. The number of anilines is 1. The lowest BCUT2D eigenvalue weighted by Crippen LogP contribution is -2.49. The Balaban J connectivity index is 1.39. The number of aromatic nitrogens is 3. The molecule has 4 rings (SSSR count). The van der Waals surface area contributed by atoms with Crippen LogP contribution in [0.3, 0.4) is 0 Å².